The van der Waals surface area contributed by atoms with Gasteiger partial charge in [-0.25, -0.2) is 13.9 Å². The minimum Gasteiger partial charge on any atom is -0.476 e. The zero-order valence-electron chi connectivity index (χ0n) is 10.5. The maximum absolute atomic E-state index is 14.0. The van der Waals surface area contributed by atoms with Crippen LogP contribution in [-0.4, -0.2) is 20.9 Å². The molecule has 1 aromatic carbocycles. The molecule has 0 unspecified atom stereocenters. The number of para-hydroxylation sites is 1. The van der Waals surface area contributed by atoms with Gasteiger partial charge in [-0.3, -0.25) is 0 Å². The number of carboxylic acids is 1. The summed E-state index contributed by atoms with van der Waals surface area (Å²) in [4.78, 5) is 11.1. The first-order valence-corrected chi connectivity index (χ1v) is 6.27. The minimum atomic E-state index is -1.23. The van der Waals surface area contributed by atoms with E-state index in [9.17, 15) is 9.18 Å². The smallest absolute Gasteiger partial charge is 0.356 e. The summed E-state index contributed by atoms with van der Waals surface area (Å²) in [6, 6.07) is 8.71. The molecule has 3 rings (SSSR count). The molecule has 21 heavy (non-hydrogen) atoms. The molecule has 0 bridgehead atoms. The van der Waals surface area contributed by atoms with Gasteiger partial charge in [-0.05, 0) is 24.3 Å². The van der Waals surface area contributed by atoms with Gasteiger partial charge in [0.1, 0.15) is 17.2 Å². The molecule has 0 atom stereocenters. The van der Waals surface area contributed by atoms with Crippen molar-refractivity contribution in [2.75, 3.05) is 0 Å². The lowest BCUT2D eigenvalue weighted by molar-refractivity contribution is 0.0690. The Hall–Kier alpha value is -2.60. The van der Waals surface area contributed by atoms with Crippen molar-refractivity contribution in [3.63, 3.8) is 0 Å². The number of furan rings is 1. The van der Waals surface area contributed by atoms with E-state index in [2.05, 4.69) is 5.10 Å². The Morgan fingerprint density at radius 2 is 2.14 bits per heavy atom. The zero-order chi connectivity index (χ0) is 15.0. The summed E-state index contributed by atoms with van der Waals surface area (Å²) in [5.74, 6) is -1.49. The average Bonchev–Trinajstić information content (AvgIpc) is 3.07. The molecule has 0 radical (unpaired) electrons. The molecule has 5 nitrogen and oxygen atoms in total. The van der Waals surface area contributed by atoms with Crippen molar-refractivity contribution in [1.29, 1.82) is 0 Å². The normalized spacial score (nSPS) is 10.8. The third kappa shape index (κ3) is 2.30. The number of benzene rings is 1. The van der Waals surface area contributed by atoms with Gasteiger partial charge in [-0.15, -0.1) is 0 Å². The molecule has 0 saturated carbocycles. The van der Waals surface area contributed by atoms with Gasteiger partial charge in [-0.1, -0.05) is 17.7 Å². The third-order valence-corrected chi connectivity index (χ3v) is 3.16. The minimum absolute atomic E-state index is 0.0296. The maximum atomic E-state index is 14.0. The second kappa shape index (κ2) is 5.06. The van der Waals surface area contributed by atoms with Crippen molar-refractivity contribution >= 4 is 17.6 Å². The first kappa shape index (κ1) is 13.4. The van der Waals surface area contributed by atoms with Gasteiger partial charge in [0.2, 0.25) is 0 Å². The molecule has 3 aromatic rings. The lowest BCUT2D eigenvalue weighted by Crippen LogP contribution is -2.05. The SMILES string of the molecule is O=C(O)c1cc(-c2ccco2)n(-c2c(F)cccc2Cl)n1. The summed E-state index contributed by atoms with van der Waals surface area (Å²) in [6.07, 6.45) is 1.43. The fourth-order valence-corrected chi connectivity index (χ4v) is 2.19. The third-order valence-electron chi connectivity index (χ3n) is 2.85. The molecule has 0 aliphatic heterocycles. The maximum Gasteiger partial charge on any atom is 0.356 e. The molecule has 2 heterocycles. The van der Waals surface area contributed by atoms with Crippen LogP contribution in [0.4, 0.5) is 4.39 Å². The van der Waals surface area contributed by atoms with Crippen LogP contribution in [0.25, 0.3) is 17.1 Å². The second-order valence-corrected chi connectivity index (χ2v) is 4.59. The topological polar surface area (TPSA) is 68.3 Å². The van der Waals surface area contributed by atoms with Crippen LogP contribution >= 0.6 is 11.6 Å². The van der Waals surface area contributed by atoms with Gasteiger partial charge in [0.05, 0.1) is 11.3 Å². The number of aromatic carboxylic acids is 1. The Kier molecular flexibility index (Phi) is 3.23. The molecular formula is C14H8ClFN2O3. The number of aromatic nitrogens is 2. The van der Waals surface area contributed by atoms with Gasteiger partial charge >= 0.3 is 5.97 Å². The number of carbonyl (C=O) groups is 1. The quantitative estimate of drug-likeness (QED) is 0.802. The summed E-state index contributed by atoms with van der Waals surface area (Å²) < 4.78 is 20.4. The Balaban J connectivity index is 2.29. The summed E-state index contributed by atoms with van der Waals surface area (Å²) >= 11 is 6.01. The van der Waals surface area contributed by atoms with Crippen molar-refractivity contribution in [2.45, 2.75) is 0 Å². The lowest BCUT2D eigenvalue weighted by Gasteiger charge is -2.08. The lowest BCUT2D eigenvalue weighted by atomic mass is 10.2. The molecule has 0 aliphatic carbocycles. The number of nitrogens with zero attached hydrogens (tertiary/aromatic N) is 2. The summed E-state index contributed by atoms with van der Waals surface area (Å²) in [5.41, 5.74) is 0.0307. The molecule has 0 aliphatic rings. The molecule has 0 saturated heterocycles. The standard InChI is InChI=1S/C14H8ClFN2O3/c15-8-3-1-4-9(16)13(8)18-11(12-5-2-6-21-12)7-10(17-18)14(19)20/h1-7H,(H,19,20). The van der Waals surface area contributed by atoms with Gasteiger partial charge in [0, 0.05) is 6.07 Å². The van der Waals surface area contributed by atoms with Crippen LogP contribution in [0, 0.1) is 5.82 Å². The Morgan fingerprint density at radius 1 is 1.33 bits per heavy atom. The van der Waals surface area contributed by atoms with Crippen LogP contribution in [0.3, 0.4) is 0 Å². The predicted octanol–water partition coefficient (Wildman–Crippen LogP) is 3.62. The molecule has 2 aromatic heterocycles. The van der Waals surface area contributed by atoms with Crippen LogP contribution in [-0.2, 0) is 0 Å². The molecule has 1 N–H and O–H groups in total. The van der Waals surface area contributed by atoms with E-state index in [1.807, 2.05) is 0 Å². The second-order valence-electron chi connectivity index (χ2n) is 4.18. The molecular weight excluding hydrogens is 299 g/mol. The van der Waals surface area contributed by atoms with E-state index in [0.717, 1.165) is 4.68 Å². The number of hydrogen-bond donors (Lipinski definition) is 1. The van der Waals surface area contributed by atoms with Crippen molar-refractivity contribution < 1.29 is 18.7 Å². The number of carboxylic acid groups (broad SMARTS) is 1. The van der Waals surface area contributed by atoms with Crippen molar-refractivity contribution in [3.05, 3.63) is 59.2 Å². The van der Waals surface area contributed by atoms with E-state index in [0.29, 0.717) is 11.5 Å². The summed E-state index contributed by atoms with van der Waals surface area (Å²) in [6.45, 7) is 0. The van der Waals surface area contributed by atoms with Crippen LogP contribution in [0.5, 0.6) is 0 Å². The van der Waals surface area contributed by atoms with E-state index in [-0.39, 0.29) is 16.4 Å². The van der Waals surface area contributed by atoms with E-state index >= 15 is 0 Å². The van der Waals surface area contributed by atoms with Crippen molar-refractivity contribution in [3.8, 4) is 17.1 Å². The fourth-order valence-electron chi connectivity index (χ4n) is 1.95. The highest BCUT2D eigenvalue weighted by Crippen LogP contribution is 2.29. The molecule has 7 heteroatoms. The largest absolute Gasteiger partial charge is 0.476 e. The highest BCUT2D eigenvalue weighted by atomic mass is 35.5. The van der Waals surface area contributed by atoms with Crippen LogP contribution in [0.1, 0.15) is 10.5 Å². The van der Waals surface area contributed by atoms with Crippen LogP contribution < -0.4 is 0 Å². The van der Waals surface area contributed by atoms with Crippen molar-refractivity contribution in [1.82, 2.24) is 9.78 Å². The van der Waals surface area contributed by atoms with Gasteiger partial charge in [-0.2, -0.15) is 5.10 Å². The zero-order valence-corrected chi connectivity index (χ0v) is 11.2. The molecule has 0 fully saturated rings. The van der Waals surface area contributed by atoms with Gasteiger partial charge < -0.3 is 9.52 Å². The average molecular weight is 307 g/mol. The van der Waals surface area contributed by atoms with E-state index in [1.165, 1.54) is 30.5 Å². The highest BCUT2D eigenvalue weighted by molar-refractivity contribution is 6.32. The van der Waals surface area contributed by atoms with Gasteiger partial charge in [0.15, 0.2) is 11.5 Å². The molecule has 0 amide bonds. The Morgan fingerprint density at radius 3 is 2.76 bits per heavy atom. The van der Waals surface area contributed by atoms with Crippen LogP contribution in [0.2, 0.25) is 5.02 Å². The monoisotopic (exact) mass is 306 g/mol. The number of halogens is 2. The predicted molar refractivity (Wildman–Crippen MR) is 73.2 cm³/mol. The van der Waals surface area contributed by atoms with Crippen molar-refractivity contribution in [2.24, 2.45) is 0 Å². The first-order valence-electron chi connectivity index (χ1n) is 5.89. The van der Waals surface area contributed by atoms with Gasteiger partial charge in [0.25, 0.3) is 0 Å². The fraction of sp³-hybridized carbons (Fsp3) is 0. The highest BCUT2D eigenvalue weighted by Gasteiger charge is 2.21. The Labute approximate surface area is 123 Å². The molecule has 0 spiro atoms. The van der Waals surface area contributed by atoms with E-state index in [1.54, 1.807) is 12.1 Å². The van der Waals surface area contributed by atoms with Crippen LogP contribution in [0.15, 0.2) is 47.1 Å². The van der Waals surface area contributed by atoms with E-state index < -0.39 is 11.8 Å². The Bertz CT molecular complexity index is 791. The summed E-state index contributed by atoms with van der Waals surface area (Å²) in [7, 11) is 0. The number of rotatable bonds is 3. The summed E-state index contributed by atoms with van der Waals surface area (Å²) in [5, 5.41) is 13.1. The first-order chi connectivity index (χ1) is 10.1. The van der Waals surface area contributed by atoms with E-state index in [4.69, 9.17) is 21.1 Å². The number of hydrogen-bond acceptors (Lipinski definition) is 3. The molecule has 106 valence electrons.